The molecule has 1 aromatic carbocycles. The topological polar surface area (TPSA) is 44.8 Å². The second-order valence-electron chi connectivity index (χ2n) is 6.64. The molecule has 3 rings (SSSR count). The molecule has 0 bridgehead atoms. The largest absolute Gasteiger partial charge is 0.372 e. The van der Waals surface area contributed by atoms with Gasteiger partial charge in [0.1, 0.15) is 0 Å². The quantitative estimate of drug-likeness (QED) is 0.911. The van der Waals surface area contributed by atoms with E-state index in [1.54, 1.807) is 0 Å². The highest BCUT2D eigenvalue weighted by Gasteiger charge is 2.26. The van der Waals surface area contributed by atoms with Gasteiger partial charge in [0.25, 0.3) is 0 Å². The predicted octanol–water partition coefficient (Wildman–Crippen LogP) is 2.88. The third-order valence-corrected chi connectivity index (χ3v) is 5.41. The molecule has 0 aromatic heterocycles. The van der Waals surface area contributed by atoms with Gasteiger partial charge in [-0.25, -0.2) is 4.79 Å². The highest BCUT2D eigenvalue weighted by atomic mass is 32.2. The van der Waals surface area contributed by atoms with Crippen molar-refractivity contribution in [3.63, 3.8) is 0 Å². The third kappa shape index (κ3) is 4.65. The summed E-state index contributed by atoms with van der Waals surface area (Å²) in [4.78, 5) is 17.0. The lowest BCUT2D eigenvalue weighted by molar-refractivity contribution is -0.0530. The molecule has 2 aliphatic rings. The molecular weight excluding hydrogens is 322 g/mol. The van der Waals surface area contributed by atoms with Crippen molar-refractivity contribution < 1.29 is 9.53 Å². The van der Waals surface area contributed by atoms with Crippen LogP contribution in [0.15, 0.2) is 24.3 Å². The summed E-state index contributed by atoms with van der Waals surface area (Å²) in [5.41, 5.74) is 2.11. The second-order valence-corrected chi connectivity index (χ2v) is 7.86. The maximum Gasteiger partial charge on any atom is 0.322 e. The number of benzene rings is 1. The molecule has 2 unspecified atom stereocenters. The molecule has 0 aliphatic carbocycles. The van der Waals surface area contributed by atoms with Gasteiger partial charge in [0.15, 0.2) is 0 Å². The smallest absolute Gasteiger partial charge is 0.322 e. The van der Waals surface area contributed by atoms with E-state index in [0.29, 0.717) is 13.1 Å². The second kappa shape index (κ2) is 8.23. The molecular formula is C18H27N3O2S. The Morgan fingerprint density at radius 3 is 2.58 bits per heavy atom. The monoisotopic (exact) mass is 349 g/mol. The molecule has 2 amide bonds. The van der Waals surface area contributed by atoms with Crippen LogP contribution < -0.4 is 5.32 Å². The minimum atomic E-state index is -0.0290. The Labute approximate surface area is 148 Å². The van der Waals surface area contributed by atoms with Gasteiger partial charge < -0.3 is 15.0 Å². The lowest BCUT2D eigenvalue weighted by atomic mass is 10.1. The van der Waals surface area contributed by atoms with Crippen LogP contribution in [-0.2, 0) is 11.3 Å². The molecule has 1 N–H and O–H groups in total. The van der Waals surface area contributed by atoms with Gasteiger partial charge in [-0.05, 0) is 25.5 Å². The van der Waals surface area contributed by atoms with E-state index in [1.807, 2.05) is 48.7 Å². The fourth-order valence-electron chi connectivity index (χ4n) is 3.32. The molecule has 0 saturated carbocycles. The number of anilines is 1. The van der Waals surface area contributed by atoms with Gasteiger partial charge >= 0.3 is 6.03 Å². The van der Waals surface area contributed by atoms with Gasteiger partial charge in [-0.2, -0.15) is 11.8 Å². The summed E-state index contributed by atoms with van der Waals surface area (Å²) in [5, 5.41) is 3.11. The van der Waals surface area contributed by atoms with Crippen LogP contribution in [0.4, 0.5) is 10.5 Å². The fraction of sp³-hybridized carbons (Fsp3) is 0.611. The highest BCUT2D eigenvalue weighted by Crippen LogP contribution is 2.21. The van der Waals surface area contributed by atoms with Crippen molar-refractivity contribution in [2.45, 2.75) is 32.6 Å². The van der Waals surface area contributed by atoms with Gasteiger partial charge in [-0.3, -0.25) is 4.90 Å². The Bertz CT molecular complexity index is 553. The van der Waals surface area contributed by atoms with Crippen molar-refractivity contribution in [1.82, 2.24) is 9.80 Å². The number of hydrogen-bond acceptors (Lipinski definition) is 4. The molecule has 6 heteroatoms. The number of nitrogens with zero attached hydrogens (tertiary/aromatic N) is 2. The number of ether oxygens (including phenoxy) is 1. The SMILES string of the molecule is CC1CN(C(=O)Nc2ccccc2CN2CCSCC2)CC(C)O1. The molecule has 1 aromatic rings. The zero-order valence-electron chi connectivity index (χ0n) is 14.5. The first-order valence-electron chi connectivity index (χ1n) is 8.71. The van der Waals surface area contributed by atoms with Crippen LogP contribution in [0.2, 0.25) is 0 Å². The summed E-state index contributed by atoms with van der Waals surface area (Å²) in [5.74, 6) is 2.39. The third-order valence-electron chi connectivity index (χ3n) is 4.46. The number of morpholine rings is 1. The van der Waals surface area contributed by atoms with Crippen LogP contribution in [0.1, 0.15) is 19.4 Å². The van der Waals surface area contributed by atoms with Crippen molar-refractivity contribution >= 4 is 23.5 Å². The first kappa shape index (κ1) is 17.6. The Hall–Kier alpha value is -1.24. The predicted molar refractivity (Wildman–Crippen MR) is 99.6 cm³/mol. The van der Waals surface area contributed by atoms with Gasteiger partial charge in [0.2, 0.25) is 0 Å². The summed E-state index contributed by atoms with van der Waals surface area (Å²) in [6.07, 6.45) is 0.168. The zero-order valence-corrected chi connectivity index (χ0v) is 15.3. The maximum atomic E-state index is 12.6. The molecule has 0 radical (unpaired) electrons. The van der Waals surface area contributed by atoms with Gasteiger partial charge in [0.05, 0.1) is 12.2 Å². The lowest BCUT2D eigenvalue weighted by Crippen LogP contribution is -2.49. The first-order chi connectivity index (χ1) is 11.6. The van der Waals surface area contributed by atoms with Crippen LogP contribution in [0.5, 0.6) is 0 Å². The number of amides is 2. The fourth-order valence-corrected chi connectivity index (χ4v) is 4.30. The molecule has 2 fully saturated rings. The van der Waals surface area contributed by atoms with Crippen molar-refractivity contribution in [3.8, 4) is 0 Å². The van der Waals surface area contributed by atoms with Crippen LogP contribution in [-0.4, -0.2) is 65.7 Å². The van der Waals surface area contributed by atoms with Crippen LogP contribution in [0, 0.1) is 0 Å². The molecule has 2 saturated heterocycles. The minimum absolute atomic E-state index is 0.0290. The summed E-state index contributed by atoms with van der Waals surface area (Å²) >= 11 is 2.01. The molecule has 132 valence electrons. The van der Waals surface area contributed by atoms with E-state index in [1.165, 1.54) is 17.1 Å². The van der Waals surface area contributed by atoms with E-state index in [4.69, 9.17) is 4.74 Å². The number of thioether (sulfide) groups is 1. The number of carbonyl (C=O) groups is 1. The van der Waals surface area contributed by atoms with Crippen molar-refractivity contribution in [1.29, 1.82) is 0 Å². The standard InChI is InChI=1S/C18H27N3O2S/c1-14-11-21(12-15(2)23-14)18(22)19-17-6-4-3-5-16(17)13-20-7-9-24-10-8-20/h3-6,14-15H,7-13H2,1-2H3,(H,19,22). The van der Waals surface area contributed by atoms with Crippen LogP contribution in [0.25, 0.3) is 0 Å². The van der Waals surface area contributed by atoms with E-state index < -0.39 is 0 Å². The molecule has 0 spiro atoms. The summed E-state index contributed by atoms with van der Waals surface area (Å²) < 4.78 is 5.71. The minimum Gasteiger partial charge on any atom is -0.372 e. The molecule has 2 atom stereocenters. The van der Waals surface area contributed by atoms with Gasteiger partial charge in [-0.1, -0.05) is 18.2 Å². The summed E-state index contributed by atoms with van der Waals surface area (Å²) in [6, 6.07) is 8.11. The van der Waals surface area contributed by atoms with Gasteiger partial charge in [0, 0.05) is 49.9 Å². The summed E-state index contributed by atoms with van der Waals surface area (Å²) in [7, 11) is 0. The van der Waals surface area contributed by atoms with Crippen molar-refractivity contribution in [2.24, 2.45) is 0 Å². The molecule has 2 aliphatic heterocycles. The average Bonchev–Trinajstić information content (AvgIpc) is 2.56. The number of urea groups is 1. The number of carbonyl (C=O) groups excluding carboxylic acids is 1. The van der Waals surface area contributed by atoms with E-state index >= 15 is 0 Å². The Morgan fingerprint density at radius 1 is 1.21 bits per heavy atom. The van der Waals surface area contributed by atoms with Gasteiger partial charge in [-0.15, -0.1) is 0 Å². The molecule has 5 nitrogen and oxygen atoms in total. The van der Waals surface area contributed by atoms with Crippen LogP contribution >= 0.6 is 11.8 Å². The molecule has 2 heterocycles. The van der Waals surface area contributed by atoms with E-state index in [2.05, 4.69) is 16.3 Å². The first-order valence-corrected chi connectivity index (χ1v) is 9.86. The number of para-hydroxylation sites is 1. The average molecular weight is 350 g/mol. The number of nitrogens with one attached hydrogen (secondary N) is 1. The summed E-state index contributed by atoms with van der Waals surface area (Å²) in [6.45, 7) is 8.43. The Balaban J connectivity index is 1.64. The zero-order chi connectivity index (χ0) is 16.9. The highest BCUT2D eigenvalue weighted by molar-refractivity contribution is 7.99. The Morgan fingerprint density at radius 2 is 1.88 bits per heavy atom. The number of hydrogen-bond donors (Lipinski definition) is 1. The van der Waals surface area contributed by atoms with Crippen molar-refractivity contribution in [3.05, 3.63) is 29.8 Å². The maximum absolute atomic E-state index is 12.6. The normalized spacial score (nSPS) is 25.5. The van der Waals surface area contributed by atoms with E-state index in [0.717, 1.165) is 25.3 Å². The van der Waals surface area contributed by atoms with Crippen LogP contribution in [0.3, 0.4) is 0 Å². The van der Waals surface area contributed by atoms with Crippen molar-refractivity contribution in [2.75, 3.05) is 43.0 Å². The van der Waals surface area contributed by atoms with E-state index in [9.17, 15) is 4.79 Å². The van der Waals surface area contributed by atoms with E-state index in [-0.39, 0.29) is 18.2 Å². The lowest BCUT2D eigenvalue weighted by Gasteiger charge is -2.35. The molecule has 24 heavy (non-hydrogen) atoms. The Kier molecular flexibility index (Phi) is 6.03. The number of rotatable bonds is 3.